The summed E-state index contributed by atoms with van der Waals surface area (Å²) in [6.45, 7) is 5.48. The van der Waals surface area contributed by atoms with E-state index < -0.39 is 20.6 Å². The molecule has 1 aromatic carbocycles. The Balaban J connectivity index is 2.01. The zero-order valence-corrected chi connectivity index (χ0v) is 14.5. The van der Waals surface area contributed by atoms with Gasteiger partial charge >= 0.3 is 0 Å². The summed E-state index contributed by atoms with van der Waals surface area (Å²) in [6, 6.07) is 11.1. The molecule has 0 saturated carbocycles. The number of aromatic nitrogens is 1. The molecule has 6 heteroatoms. The van der Waals surface area contributed by atoms with Gasteiger partial charge in [-0.2, -0.15) is 4.73 Å². The van der Waals surface area contributed by atoms with Crippen LogP contribution in [-0.4, -0.2) is 24.9 Å². The van der Waals surface area contributed by atoms with Crippen LogP contribution in [0, 0.1) is 12.1 Å². The van der Waals surface area contributed by atoms with Gasteiger partial charge in [0.05, 0.1) is 11.3 Å². The number of nitrogens with zero attached hydrogens (tertiary/aromatic N) is 2. The second-order valence-corrected chi connectivity index (χ2v) is 8.98. The average Bonchev–Trinajstić information content (AvgIpc) is 2.95. The number of sulfone groups is 1. The van der Waals surface area contributed by atoms with E-state index in [-0.39, 0.29) is 16.5 Å². The van der Waals surface area contributed by atoms with Crippen molar-refractivity contribution in [3.8, 4) is 0 Å². The highest BCUT2D eigenvalue weighted by Crippen LogP contribution is 2.52. The van der Waals surface area contributed by atoms with Crippen molar-refractivity contribution >= 4 is 15.5 Å². The number of benzene rings is 1. The van der Waals surface area contributed by atoms with Gasteiger partial charge in [-0.05, 0) is 25.0 Å². The molecule has 0 bridgehead atoms. The fourth-order valence-electron chi connectivity index (χ4n) is 4.07. The predicted octanol–water partition coefficient (Wildman–Crippen LogP) is 2.15. The van der Waals surface area contributed by atoms with E-state index in [1.54, 1.807) is 13.0 Å². The van der Waals surface area contributed by atoms with Crippen molar-refractivity contribution in [2.45, 2.75) is 42.4 Å². The van der Waals surface area contributed by atoms with Gasteiger partial charge in [0.2, 0.25) is 5.69 Å². The molecule has 3 heterocycles. The van der Waals surface area contributed by atoms with Crippen molar-refractivity contribution in [2.75, 3.05) is 0 Å². The summed E-state index contributed by atoms with van der Waals surface area (Å²) in [4.78, 5) is 4.96. The summed E-state index contributed by atoms with van der Waals surface area (Å²) >= 11 is 0. The van der Waals surface area contributed by atoms with Crippen LogP contribution in [0.15, 0.2) is 52.5 Å². The third kappa shape index (κ3) is 1.83. The summed E-state index contributed by atoms with van der Waals surface area (Å²) in [7, 11) is -3.66. The van der Waals surface area contributed by atoms with Crippen LogP contribution in [0.1, 0.15) is 36.6 Å². The molecule has 2 unspecified atom stereocenters. The number of pyridine rings is 1. The maximum absolute atomic E-state index is 13.3. The number of aliphatic imine (C=N–C) groups is 1. The largest absolute Gasteiger partial charge is 0.618 e. The Morgan fingerprint density at radius 3 is 2.50 bits per heavy atom. The fourth-order valence-corrected chi connectivity index (χ4v) is 6.67. The van der Waals surface area contributed by atoms with Gasteiger partial charge in [0.15, 0.2) is 16.0 Å². The molecule has 0 aliphatic carbocycles. The Kier molecular flexibility index (Phi) is 2.98. The van der Waals surface area contributed by atoms with Crippen molar-refractivity contribution < 1.29 is 13.1 Å². The molecular formula is C18H18N2O3S. The second kappa shape index (κ2) is 4.66. The van der Waals surface area contributed by atoms with Crippen LogP contribution in [0.5, 0.6) is 0 Å². The molecule has 2 aliphatic rings. The van der Waals surface area contributed by atoms with Gasteiger partial charge < -0.3 is 5.21 Å². The number of hydrogen-bond acceptors (Lipinski definition) is 4. The maximum Gasteiger partial charge on any atom is 0.208 e. The van der Waals surface area contributed by atoms with E-state index >= 15 is 0 Å². The third-order valence-corrected chi connectivity index (χ3v) is 7.34. The Morgan fingerprint density at radius 2 is 1.83 bits per heavy atom. The van der Waals surface area contributed by atoms with Gasteiger partial charge in [-0.25, -0.2) is 8.42 Å². The van der Waals surface area contributed by atoms with E-state index in [9.17, 15) is 13.6 Å². The van der Waals surface area contributed by atoms with Crippen LogP contribution in [-0.2, 0) is 9.84 Å². The van der Waals surface area contributed by atoms with Gasteiger partial charge in [-0.3, -0.25) is 4.99 Å². The molecule has 124 valence electrons. The van der Waals surface area contributed by atoms with E-state index in [1.165, 1.54) is 6.20 Å². The molecule has 0 N–H and O–H groups in total. The molecule has 1 aromatic heterocycles. The van der Waals surface area contributed by atoms with Crippen molar-refractivity contribution in [1.82, 2.24) is 0 Å². The fraction of sp³-hybridized carbons (Fsp3) is 0.333. The van der Waals surface area contributed by atoms with Crippen LogP contribution in [0.2, 0.25) is 0 Å². The van der Waals surface area contributed by atoms with E-state index in [0.29, 0.717) is 16.0 Å². The third-order valence-electron chi connectivity index (χ3n) is 5.08. The van der Waals surface area contributed by atoms with Crippen molar-refractivity contribution in [3.05, 3.63) is 64.6 Å². The minimum absolute atomic E-state index is 0.186. The standard InChI is InChI=1S/C18H18N2O3S/c1-11-16-13(9-10-20(11)21)14-17(24(16,22)23)15(19-18(14,2)3)12-7-5-4-6-8-12/h4-10,14,17H,1-3H3. The van der Waals surface area contributed by atoms with Crippen LogP contribution < -0.4 is 4.73 Å². The highest BCUT2D eigenvalue weighted by Gasteiger charge is 2.59. The quantitative estimate of drug-likeness (QED) is 0.589. The first kappa shape index (κ1) is 15.3. The van der Waals surface area contributed by atoms with Gasteiger partial charge in [0, 0.05) is 18.9 Å². The minimum atomic E-state index is -3.66. The molecule has 2 atom stereocenters. The first-order valence-electron chi connectivity index (χ1n) is 7.87. The minimum Gasteiger partial charge on any atom is -0.618 e. The van der Waals surface area contributed by atoms with Crippen LogP contribution in [0.3, 0.4) is 0 Å². The predicted molar refractivity (Wildman–Crippen MR) is 90.9 cm³/mol. The zero-order valence-electron chi connectivity index (χ0n) is 13.7. The van der Waals surface area contributed by atoms with Gasteiger partial charge in [-0.15, -0.1) is 0 Å². The lowest BCUT2D eigenvalue weighted by atomic mass is 9.81. The van der Waals surface area contributed by atoms with Gasteiger partial charge in [-0.1, -0.05) is 30.3 Å². The normalized spacial score (nSPS) is 25.9. The first-order chi connectivity index (χ1) is 11.2. The molecule has 5 nitrogen and oxygen atoms in total. The van der Waals surface area contributed by atoms with Crippen molar-refractivity contribution in [3.63, 3.8) is 0 Å². The topological polar surface area (TPSA) is 73.4 Å². The lowest BCUT2D eigenvalue weighted by Gasteiger charge is -2.23. The molecule has 24 heavy (non-hydrogen) atoms. The van der Waals surface area contributed by atoms with Crippen LogP contribution >= 0.6 is 0 Å². The molecular weight excluding hydrogens is 324 g/mol. The Morgan fingerprint density at radius 1 is 1.17 bits per heavy atom. The monoisotopic (exact) mass is 342 g/mol. The Hall–Kier alpha value is -2.21. The summed E-state index contributed by atoms with van der Waals surface area (Å²) in [6.07, 6.45) is 1.39. The van der Waals surface area contributed by atoms with E-state index in [4.69, 9.17) is 4.99 Å². The van der Waals surface area contributed by atoms with Crippen molar-refractivity contribution in [1.29, 1.82) is 0 Å². The Bertz CT molecular complexity index is 979. The molecule has 4 rings (SSSR count). The average molecular weight is 342 g/mol. The highest BCUT2D eigenvalue weighted by molar-refractivity contribution is 7.93. The van der Waals surface area contributed by atoms with Gasteiger partial charge in [0.1, 0.15) is 10.1 Å². The lowest BCUT2D eigenvalue weighted by molar-refractivity contribution is -0.614. The van der Waals surface area contributed by atoms with Crippen LogP contribution in [0.25, 0.3) is 0 Å². The molecule has 0 spiro atoms. The zero-order chi connectivity index (χ0) is 17.3. The smallest absolute Gasteiger partial charge is 0.208 e. The van der Waals surface area contributed by atoms with Crippen molar-refractivity contribution in [2.24, 2.45) is 4.99 Å². The Labute approximate surface area is 141 Å². The molecule has 0 radical (unpaired) electrons. The summed E-state index contributed by atoms with van der Waals surface area (Å²) in [5.74, 6) is -0.271. The summed E-state index contributed by atoms with van der Waals surface area (Å²) in [5.41, 5.74) is 1.82. The highest BCUT2D eigenvalue weighted by atomic mass is 32.2. The van der Waals surface area contributed by atoms with E-state index in [2.05, 4.69) is 0 Å². The van der Waals surface area contributed by atoms with Gasteiger partial charge in [0.25, 0.3) is 0 Å². The van der Waals surface area contributed by atoms with Crippen LogP contribution in [0.4, 0.5) is 0 Å². The summed E-state index contributed by atoms with van der Waals surface area (Å²) in [5, 5.41) is 11.2. The second-order valence-electron chi connectivity index (χ2n) is 6.97. The number of rotatable bonds is 1. The molecule has 0 amide bonds. The number of fused-ring (bicyclic) bond motifs is 3. The lowest BCUT2D eigenvalue weighted by Crippen LogP contribution is -2.32. The molecule has 0 saturated heterocycles. The first-order valence-corrected chi connectivity index (χ1v) is 9.41. The summed E-state index contributed by atoms with van der Waals surface area (Å²) < 4.78 is 27.2. The maximum atomic E-state index is 13.3. The SMILES string of the molecule is Cc1c2c(cc[n+]1[O-])C1C(C(c3ccccc3)=NC1(C)C)S2(=O)=O. The van der Waals surface area contributed by atoms with E-state index in [0.717, 1.165) is 5.56 Å². The molecule has 2 aliphatic heterocycles. The molecule has 0 fully saturated rings. The molecule has 2 aromatic rings. The number of hydrogen-bond donors (Lipinski definition) is 0. The van der Waals surface area contributed by atoms with E-state index in [1.807, 2.05) is 44.2 Å².